The number of nitrogens with one attached hydrogen (secondary N) is 1. The van der Waals surface area contributed by atoms with E-state index in [0.29, 0.717) is 0 Å². The number of benzene rings is 1. The lowest BCUT2D eigenvalue weighted by Crippen LogP contribution is -2.11. The van der Waals surface area contributed by atoms with Crippen LogP contribution in [0, 0.1) is 0 Å². The van der Waals surface area contributed by atoms with Crippen LogP contribution in [0.3, 0.4) is 0 Å². The highest BCUT2D eigenvalue weighted by atomic mass is 35.5. The number of thiazole rings is 1. The monoisotopic (exact) mass is 338 g/mol. The summed E-state index contributed by atoms with van der Waals surface area (Å²) in [5.41, 5.74) is 1.35. The first-order valence-electron chi connectivity index (χ1n) is 7.34. The standard InChI is InChI=1S/C16H19ClN2S2/c1-2-18-9-14-16(11-6-7-11)19-15(21-14)10-20-13-5-3-4-12(17)8-13/h3-5,8,11,18H,2,6-7,9-10H2,1H3. The maximum Gasteiger partial charge on any atom is 0.103 e. The molecule has 0 spiro atoms. The molecule has 2 nitrogen and oxygen atoms in total. The summed E-state index contributed by atoms with van der Waals surface area (Å²) in [6, 6.07) is 8.03. The van der Waals surface area contributed by atoms with Gasteiger partial charge in [-0.25, -0.2) is 4.98 Å². The van der Waals surface area contributed by atoms with Gasteiger partial charge in [-0.3, -0.25) is 0 Å². The first-order chi connectivity index (χ1) is 10.3. The predicted molar refractivity (Wildman–Crippen MR) is 92.5 cm³/mol. The van der Waals surface area contributed by atoms with Gasteiger partial charge in [-0.1, -0.05) is 24.6 Å². The van der Waals surface area contributed by atoms with E-state index in [9.17, 15) is 0 Å². The van der Waals surface area contributed by atoms with Gasteiger partial charge in [0.15, 0.2) is 0 Å². The minimum atomic E-state index is 0.722. The fourth-order valence-electron chi connectivity index (χ4n) is 2.22. The Labute approximate surface area is 139 Å². The lowest BCUT2D eigenvalue weighted by atomic mass is 10.2. The first kappa shape index (κ1) is 15.3. The lowest BCUT2D eigenvalue weighted by Gasteiger charge is -2.00. The molecule has 1 heterocycles. The van der Waals surface area contributed by atoms with Crippen LogP contribution in [0.2, 0.25) is 5.02 Å². The van der Waals surface area contributed by atoms with Crippen LogP contribution in [0.5, 0.6) is 0 Å². The lowest BCUT2D eigenvalue weighted by molar-refractivity contribution is 0.726. The number of aromatic nitrogens is 1. The Balaban J connectivity index is 1.67. The molecule has 112 valence electrons. The molecule has 1 aromatic heterocycles. The van der Waals surface area contributed by atoms with Gasteiger partial charge in [-0.15, -0.1) is 23.1 Å². The smallest absolute Gasteiger partial charge is 0.103 e. The largest absolute Gasteiger partial charge is 0.312 e. The van der Waals surface area contributed by atoms with Crippen molar-refractivity contribution in [1.29, 1.82) is 0 Å². The van der Waals surface area contributed by atoms with Gasteiger partial charge in [0.25, 0.3) is 0 Å². The number of rotatable bonds is 7. The maximum atomic E-state index is 6.03. The van der Waals surface area contributed by atoms with Crippen molar-refractivity contribution in [3.63, 3.8) is 0 Å². The molecule has 1 aliphatic carbocycles. The van der Waals surface area contributed by atoms with Crippen molar-refractivity contribution >= 4 is 34.7 Å². The number of hydrogen-bond donors (Lipinski definition) is 1. The molecule has 2 aromatic rings. The van der Waals surface area contributed by atoms with Gasteiger partial charge in [-0.2, -0.15) is 0 Å². The topological polar surface area (TPSA) is 24.9 Å². The molecular formula is C16H19ClN2S2. The number of thioether (sulfide) groups is 1. The van der Waals surface area contributed by atoms with Crippen molar-refractivity contribution in [2.24, 2.45) is 0 Å². The average Bonchev–Trinajstić information content (AvgIpc) is 3.24. The Morgan fingerprint density at radius 2 is 2.29 bits per heavy atom. The van der Waals surface area contributed by atoms with Crippen molar-refractivity contribution in [2.45, 2.75) is 42.9 Å². The molecule has 1 N–H and O–H groups in total. The van der Waals surface area contributed by atoms with Crippen LogP contribution in [-0.2, 0) is 12.3 Å². The SMILES string of the molecule is CCNCc1sc(CSc2cccc(Cl)c2)nc1C1CC1. The van der Waals surface area contributed by atoms with Crippen molar-refractivity contribution in [3.8, 4) is 0 Å². The molecule has 1 aromatic carbocycles. The molecule has 0 aliphatic heterocycles. The maximum absolute atomic E-state index is 6.03. The molecule has 0 bridgehead atoms. The van der Waals surface area contributed by atoms with E-state index in [4.69, 9.17) is 16.6 Å². The van der Waals surface area contributed by atoms with E-state index in [-0.39, 0.29) is 0 Å². The zero-order valence-corrected chi connectivity index (χ0v) is 14.5. The summed E-state index contributed by atoms with van der Waals surface area (Å²) in [7, 11) is 0. The van der Waals surface area contributed by atoms with Gasteiger partial charge >= 0.3 is 0 Å². The van der Waals surface area contributed by atoms with E-state index in [1.54, 1.807) is 0 Å². The molecule has 0 atom stereocenters. The van der Waals surface area contributed by atoms with E-state index in [2.05, 4.69) is 18.3 Å². The highest BCUT2D eigenvalue weighted by molar-refractivity contribution is 7.98. The Morgan fingerprint density at radius 3 is 3.00 bits per heavy atom. The van der Waals surface area contributed by atoms with Gasteiger partial charge in [0.2, 0.25) is 0 Å². The number of hydrogen-bond acceptors (Lipinski definition) is 4. The zero-order chi connectivity index (χ0) is 14.7. The van der Waals surface area contributed by atoms with Crippen molar-refractivity contribution < 1.29 is 0 Å². The van der Waals surface area contributed by atoms with Crippen molar-refractivity contribution in [3.05, 3.63) is 44.9 Å². The van der Waals surface area contributed by atoms with Crippen LogP contribution < -0.4 is 5.32 Å². The molecule has 5 heteroatoms. The highest BCUT2D eigenvalue weighted by Gasteiger charge is 2.29. The highest BCUT2D eigenvalue weighted by Crippen LogP contribution is 2.43. The minimum Gasteiger partial charge on any atom is -0.312 e. The summed E-state index contributed by atoms with van der Waals surface area (Å²) < 4.78 is 0. The van der Waals surface area contributed by atoms with Gasteiger partial charge in [-0.05, 0) is 37.6 Å². The molecule has 1 aliphatic rings. The molecule has 0 unspecified atom stereocenters. The second-order valence-corrected chi connectivity index (χ2v) is 7.87. The molecule has 0 amide bonds. The average molecular weight is 339 g/mol. The van der Waals surface area contributed by atoms with Gasteiger partial charge in [0, 0.05) is 27.3 Å². The summed E-state index contributed by atoms with van der Waals surface area (Å²) in [6.45, 7) is 4.12. The molecule has 21 heavy (non-hydrogen) atoms. The minimum absolute atomic E-state index is 0.722. The van der Waals surface area contributed by atoms with Crippen LogP contribution in [0.15, 0.2) is 29.2 Å². The Bertz CT molecular complexity index is 608. The van der Waals surface area contributed by atoms with Gasteiger partial charge in [0.05, 0.1) is 11.4 Å². The van der Waals surface area contributed by atoms with Crippen LogP contribution >= 0.6 is 34.7 Å². The van der Waals surface area contributed by atoms with Gasteiger partial charge < -0.3 is 5.32 Å². The van der Waals surface area contributed by atoms with Crippen LogP contribution in [-0.4, -0.2) is 11.5 Å². The normalized spacial score (nSPS) is 14.6. The van der Waals surface area contributed by atoms with Crippen molar-refractivity contribution in [1.82, 2.24) is 10.3 Å². The summed E-state index contributed by atoms with van der Waals surface area (Å²) in [4.78, 5) is 7.53. The molecule has 1 saturated carbocycles. The predicted octanol–water partition coefficient (Wildman–Crippen LogP) is 5.08. The first-order valence-corrected chi connectivity index (χ1v) is 9.52. The van der Waals surface area contributed by atoms with Crippen LogP contribution in [0.1, 0.15) is 41.3 Å². The van der Waals surface area contributed by atoms with E-state index >= 15 is 0 Å². The molecule has 0 radical (unpaired) electrons. The number of nitrogens with zero attached hydrogens (tertiary/aromatic N) is 1. The molecule has 1 fully saturated rings. The second kappa shape index (κ2) is 7.14. The molecule has 0 saturated heterocycles. The second-order valence-electron chi connectivity index (χ2n) is 5.22. The summed E-state index contributed by atoms with van der Waals surface area (Å²) in [5.74, 6) is 1.65. The van der Waals surface area contributed by atoms with E-state index in [0.717, 1.165) is 29.8 Å². The Hall–Kier alpha value is -0.550. The third-order valence-corrected chi connectivity index (χ3v) is 5.92. The number of halogens is 1. The quantitative estimate of drug-likeness (QED) is 0.713. The van der Waals surface area contributed by atoms with Crippen LogP contribution in [0.4, 0.5) is 0 Å². The summed E-state index contributed by atoms with van der Waals surface area (Å²) >= 11 is 9.70. The molecule has 3 rings (SSSR count). The summed E-state index contributed by atoms with van der Waals surface area (Å²) in [6.07, 6.45) is 2.62. The Kier molecular flexibility index (Phi) is 5.22. The van der Waals surface area contributed by atoms with E-state index in [1.807, 2.05) is 41.3 Å². The fourth-order valence-corrected chi connectivity index (χ4v) is 4.55. The third-order valence-electron chi connectivity index (χ3n) is 3.43. The fraction of sp³-hybridized carbons (Fsp3) is 0.438. The van der Waals surface area contributed by atoms with E-state index in [1.165, 1.54) is 33.3 Å². The third kappa shape index (κ3) is 4.22. The zero-order valence-electron chi connectivity index (χ0n) is 12.1. The Morgan fingerprint density at radius 1 is 1.43 bits per heavy atom. The van der Waals surface area contributed by atoms with E-state index < -0.39 is 0 Å². The summed E-state index contributed by atoms with van der Waals surface area (Å²) in [5, 5.41) is 5.46. The van der Waals surface area contributed by atoms with Crippen molar-refractivity contribution in [2.75, 3.05) is 6.54 Å². The molecular weight excluding hydrogens is 320 g/mol. The van der Waals surface area contributed by atoms with Gasteiger partial charge in [0.1, 0.15) is 5.01 Å². The van der Waals surface area contributed by atoms with Crippen LogP contribution in [0.25, 0.3) is 0 Å².